The van der Waals surface area contributed by atoms with Gasteiger partial charge in [-0.1, -0.05) is 12.1 Å². The van der Waals surface area contributed by atoms with Gasteiger partial charge in [-0.05, 0) is 17.7 Å². The molecular weight excluding hydrogens is 287 g/mol. The molecular formula is C15H15FN4O2. The Labute approximate surface area is 126 Å². The zero-order valence-corrected chi connectivity index (χ0v) is 12.2. The summed E-state index contributed by atoms with van der Waals surface area (Å²) < 4.78 is 26.4. The van der Waals surface area contributed by atoms with E-state index in [1.54, 1.807) is 37.6 Å². The van der Waals surface area contributed by atoms with Gasteiger partial charge in [0, 0.05) is 0 Å². The minimum absolute atomic E-state index is 0.0421. The summed E-state index contributed by atoms with van der Waals surface area (Å²) in [4.78, 5) is 8.13. The quantitative estimate of drug-likeness (QED) is 0.725. The van der Waals surface area contributed by atoms with Crippen molar-refractivity contribution in [2.24, 2.45) is 0 Å². The Morgan fingerprint density at radius 1 is 1.23 bits per heavy atom. The normalized spacial score (nSPS) is 12.3. The van der Waals surface area contributed by atoms with E-state index in [0.717, 1.165) is 0 Å². The summed E-state index contributed by atoms with van der Waals surface area (Å²) >= 11 is 0. The maximum Gasteiger partial charge on any atom is 0.243 e. The molecule has 0 saturated carbocycles. The number of hydrogen-bond donors (Lipinski definition) is 0. The van der Waals surface area contributed by atoms with Crippen LogP contribution >= 0.6 is 0 Å². The zero-order chi connectivity index (χ0) is 15.5. The van der Waals surface area contributed by atoms with Crippen LogP contribution < -0.4 is 9.47 Å². The van der Waals surface area contributed by atoms with Crippen LogP contribution in [-0.2, 0) is 6.54 Å². The first kappa shape index (κ1) is 14.2. The second kappa shape index (κ2) is 5.97. The SMILES string of the molecule is COc1cccc(C(F)Cn2ncc3ncnc(OC)c32)c1. The summed E-state index contributed by atoms with van der Waals surface area (Å²) in [5, 5.41) is 4.17. The summed E-state index contributed by atoms with van der Waals surface area (Å²) in [6, 6.07) is 6.92. The molecule has 0 amide bonds. The molecule has 1 aromatic carbocycles. The molecule has 0 spiro atoms. The first-order valence-corrected chi connectivity index (χ1v) is 6.71. The molecule has 0 fully saturated rings. The van der Waals surface area contributed by atoms with Gasteiger partial charge in [0.15, 0.2) is 0 Å². The third-order valence-corrected chi connectivity index (χ3v) is 3.38. The highest BCUT2D eigenvalue weighted by molar-refractivity contribution is 5.78. The van der Waals surface area contributed by atoms with E-state index in [4.69, 9.17) is 9.47 Å². The Morgan fingerprint density at radius 2 is 2.09 bits per heavy atom. The van der Waals surface area contributed by atoms with E-state index in [0.29, 0.717) is 28.2 Å². The fourth-order valence-electron chi connectivity index (χ4n) is 2.28. The minimum Gasteiger partial charge on any atom is -0.497 e. The Kier molecular flexibility index (Phi) is 3.86. The largest absolute Gasteiger partial charge is 0.497 e. The third kappa shape index (κ3) is 2.57. The van der Waals surface area contributed by atoms with Crippen LogP contribution in [0.3, 0.4) is 0 Å². The topological polar surface area (TPSA) is 62.1 Å². The lowest BCUT2D eigenvalue weighted by Crippen LogP contribution is -2.08. The predicted octanol–water partition coefficient (Wildman–Crippen LogP) is 2.55. The number of benzene rings is 1. The summed E-state index contributed by atoms with van der Waals surface area (Å²) in [6.45, 7) is 0.0421. The van der Waals surface area contributed by atoms with E-state index in [-0.39, 0.29) is 6.54 Å². The molecule has 0 aliphatic rings. The lowest BCUT2D eigenvalue weighted by atomic mass is 10.1. The fraction of sp³-hybridized carbons (Fsp3) is 0.267. The van der Waals surface area contributed by atoms with Crippen LogP contribution in [0.4, 0.5) is 4.39 Å². The summed E-state index contributed by atoms with van der Waals surface area (Å²) in [5.41, 5.74) is 1.72. The van der Waals surface area contributed by atoms with Gasteiger partial charge in [0.2, 0.25) is 5.88 Å². The van der Waals surface area contributed by atoms with E-state index >= 15 is 0 Å². The van der Waals surface area contributed by atoms with Crippen LogP contribution in [-0.4, -0.2) is 34.0 Å². The maximum atomic E-state index is 14.6. The van der Waals surface area contributed by atoms with Crippen molar-refractivity contribution in [3.63, 3.8) is 0 Å². The van der Waals surface area contributed by atoms with Gasteiger partial charge in [0.1, 0.15) is 29.3 Å². The third-order valence-electron chi connectivity index (χ3n) is 3.38. The fourth-order valence-corrected chi connectivity index (χ4v) is 2.28. The molecule has 0 N–H and O–H groups in total. The minimum atomic E-state index is -1.23. The molecule has 0 aliphatic heterocycles. The Hall–Kier alpha value is -2.70. The van der Waals surface area contributed by atoms with Crippen molar-refractivity contribution in [1.29, 1.82) is 0 Å². The van der Waals surface area contributed by atoms with Gasteiger partial charge in [-0.3, -0.25) is 4.68 Å². The number of aromatic nitrogens is 4. The number of nitrogens with zero attached hydrogens (tertiary/aromatic N) is 4. The average molecular weight is 302 g/mol. The molecule has 7 heteroatoms. The molecule has 22 heavy (non-hydrogen) atoms. The van der Waals surface area contributed by atoms with Crippen LogP contribution in [0.1, 0.15) is 11.7 Å². The molecule has 3 aromatic rings. The molecule has 0 bridgehead atoms. The van der Waals surface area contributed by atoms with Crippen molar-refractivity contribution >= 4 is 11.0 Å². The van der Waals surface area contributed by atoms with Crippen LogP contribution in [0.25, 0.3) is 11.0 Å². The van der Waals surface area contributed by atoms with E-state index in [1.165, 1.54) is 18.1 Å². The lowest BCUT2D eigenvalue weighted by Gasteiger charge is -2.11. The predicted molar refractivity (Wildman–Crippen MR) is 78.7 cm³/mol. The van der Waals surface area contributed by atoms with Gasteiger partial charge in [-0.2, -0.15) is 10.1 Å². The maximum absolute atomic E-state index is 14.6. The second-order valence-electron chi connectivity index (χ2n) is 4.69. The number of hydrogen-bond acceptors (Lipinski definition) is 5. The van der Waals surface area contributed by atoms with Gasteiger partial charge in [-0.25, -0.2) is 9.37 Å². The number of alkyl halides is 1. The smallest absolute Gasteiger partial charge is 0.243 e. The molecule has 0 saturated heterocycles. The van der Waals surface area contributed by atoms with Crippen LogP contribution in [0.2, 0.25) is 0 Å². The number of methoxy groups -OCH3 is 2. The van der Waals surface area contributed by atoms with Crippen molar-refractivity contribution in [1.82, 2.24) is 19.7 Å². The Bertz CT molecular complexity index is 790. The molecule has 1 atom stereocenters. The van der Waals surface area contributed by atoms with Crippen molar-refractivity contribution in [2.75, 3.05) is 14.2 Å². The molecule has 1 unspecified atom stereocenters. The van der Waals surface area contributed by atoms with Crippen LogP contribution in [0.5, 0.6) is 11.6 Å². The molecule has 6 nitrogen and oxygen atoms in total. The average Bonchev–Trinajstić information content (AvgIpc) is 2.98. The molecule has 3 rings (SSSR count). The van der Waals surface area contributed by atoms with Crippen molar-refractivity contribution in [2.45, 2.75) is 12.7 Å². The van der Waals surface area contributed by atoms with Crippen molar-refractivity contribution < 1.29 is 13.9 Å². The molecule has 2 aromatic heterocycles. The monoisotopic (exact) mass is 302 g/mol. The number of rotatable bonds is 5. The summed E-state index contributed by atoms with van der Waals surface area (Å²) in [6.07, 6.45) is 1.73. The molecule has 114 valence electrons. The zero-order valence-electron chi connectivity index (χ0n) is 12.2. The van der Waals surface area contributed by atoms with E-state index in [9.17, 15) is 4.39 Å². The van der Waals surface area contributed by atoms with Crippen molar-refractivity contribution in [3.8, 4) is 11.6 Å². The van der Waals surface area contributed by atoms with Crippen LogP contribution in [0, 0.1) is 0 Å². The highest BCUT2D eigenvalue weighted by Gasteiger charge is 2.17. The summed E-state index contributed by atoms with van der Waals surface area (Å²) in [7, 11) is 3.06. The Balaban J connectivity index is 1.92. The first-order valence-electron chi connectivity index (χ1n) is 6.71. The lowest BCUT2D eigenvalue weighted by molar-refractivity contribution is 0.293. The van der Waals surface area contributed by atoms with E-state index in [1.807, 2.05) is 0 Å². The summed E-state index contributed by atoms with van der Waals surface area (Å²) in [5.74, 6) is 0.992. The molecule has 0 radical (unpaired) electrons. The van der Waals surface area contributed by atoms with Gasteiger partial charge >= 0.3 is 0 Å². The number of ether oxygens (including phenoxy) is 2. The second-order valence-corrected chi connectivity index (χ2v) is 4.69. The number of fused-ring (bicyclic) bond motifs is 1. The standard InChI is InChI=1S/C15H15FN4O2/c1-21-11-5-3-4-10(6-11)12(16)8-20-14-13(7-19-20)17-9-18-15(14)22-2/h3-7,9,12H,8H2,1-2H3. The number of halogens is 1. The molecule has 0 aliphatic carbocycles. The van der Waals surface area contributed by atoms with Gasteiger partial charge in [0.05, 0.1) is 27.0 Å². The van der Waals surface area contributed by atoms with Gasteiger partial charge < -0.3 is 9.47 Å². The molecule has 2 heterocycles. The van der Waals surface area contributed by atoms with E-state index < -0.39 is 6.17 Å². The highest BCUT2D eigenvalue weighted by Crippen LogP contribution is 2.26. The van der Waals surface area contributed by atoms with Gasteiger partial charge in [-0.15, -0.1) is 0 Å². The van der Waals surface area contributed by atoms with Crippen LogP contribution in [0.15, 0.2) is 36.8 Å². The van der Waals surface area contributed by atoms with E-state index in [2.05, 4.69) is 15.1 Å². The van der Waals surface area contributed by atoms with Crippen molar-refractivity contribution in [3.05, 3.63) is 42.4 Å². The highest BCUT2D eigenvalue weighted by atomic mass is 19.1. The first-order chi connectivity index (χ1) is 10.7. The van der Waals surface area contributed by atoms with Gasteiger partial charge in [0.25, 0.3) is 0 Å². The Morgan fingerprint density at radius 3 is 2.86 bits per heavy atom.